The summed E-state index contributed by atoms with van der Waals surface area (Å²) >= 11 is 1.29. The molecule has 72 valence electrons. The molecule has 1 heterocycles. The normalized spacial score (nSPS) is 24.6. The maximum Gasteiger partial charge on any atom is 0.240 e. The van der Waals surface area contributed by atoms with E-state index in [0.29, 0.717) is 5.17 Å². The Morgan fingerprint density at radius 1 is 1.77 bits per heavy atom. The third-order valence-corrected chi connectivity index (χ3v) is 2.80. The lowest BCUT2D eigenvalue weighted by atomic mass is 10.3. The van der Waals surface area contributed by atoms with Gasteiger partial charge in [0.1, 0.15) is 5.25 Å². The van der Waals surface area contributed by atoms with Crippen molar-refractivity contribution in [1.29, 1.82) is 0 Å². The summed E-state index contributed by atoms with van der Waals surface area (Å²) in [5.41, 5.74) is 0. The Bertz CT molecular complexity index is 264. The zero-order valence-corrected chi connectivity index (χ0v) is 8.27. The number of carbonyl (C=O) groups excluding carboxylic acids is 2. The van der Waals surface area contributed by atoms with Gasteiger partial charge < -0.3 is 10.6 Å². The second-order valence-corrected chi connectivity index (χ2v) is 3.69. The van der Waals surface area contributed by atoms with Gasteiger partial charge in [-0.15, -0.1) is 0 Å². The van der Waals surface area contributed by atoms with Crippen molar-refractivity contribution in [3.63, 3.8) is 0 Å². The van der Waals surface area contributed by atoms with E-state index in [0.717, 1.165) is 0 Å². The predicted octanol–water partition coefficient (Wildman–Crippen LogP) is -0.660. The monoisotopic (exact) mass is 201 g/mol. The fourth-order valence-corrected chi connectivity index (χ4v) is 1.85. The third-order valence-electron chi connectivity index (χ3n) is 1.63. The number of nitrogens with zero attached hydrogens (tertiary/aromatic N) is 1. The van der Waals surface area contributed by atoms with Gasteiger partial charge in [-0.3, -0.25) is 14.6 Å². The molecule has 0 aromatic rings. The molecule has 1 rings (SSSR count). The molecule has 0 spiro atoms. The number of nitrogens with one attached hydrogen (secondary N) is 2. The van der Waals surface area contributed by atoms with Crippen LogP contribution < -0.4 is 10.6 Å². The Hall–Kier alpha value is -1.04. The quantitative estimate of drug-likeness (QED) is 0.623. The molecule has 2 amide bonds. The van der Waals surface area contributed by atoms with Crippen LogP contribution in [0, 0.1) is 0 Å². The molecule has 1 saturated heterocycles. The maximum atomic E-state index is 11.2. The average molecular weight is 201 g/mol. The van der Waals surface area contributed by atoms with Crippen molar-refractivity contribution in [2.45, 2.75) is 11.7 Å². The molecule has 2 N–H and O–H groups in total. The van der Waals surface area contributed by atoms with Gasteiger partial charge in [0, 0.05) is 20.5 Å². The maximum absolute atomic E-state index is 11.2. The highest BCUT2D eigenvalue weighted by molar-refractivity contribution is 8.15. The van der Waals surface area contributed by atoms with E-state index in [1.807, 2.05) is 0 Å². The Kier molecular flexibility index (Phi) is 3.30. The number of hydrogen-bond donors (Lipinski definition) is 2. The minimum Gasteiger partial charge on any atom is -0.359 e. The molecule has 0 radical (unpaired) electrons. The first-order valence-electron chi connectivity index (χ1n) is 3.82. The Morgan fingerprint density at radius 2 is 2.46 bits per heavy atom. The van der Waals surface area contributed by atoms with Crippen LogP contribution in [0.5, 0.6) is 0 Å². The lowest BCUT2D eigenvalue weighted by molar-refractivity contribution is -0.124. The van der Waals surface area contributed by atoms with Gasteiger partial charge >= 0.3 is 0 Å². The summed E-state index contributed by atoms with van der Waals surface area (Å²) in [7, 11) is 3.15. The van der Waals surface area contributed by atoms with E-state index in [4.69, 9.17) is 0 Å². The molecule has 0 bridgehead atoms. The summed E-state index contributed by atoms with van der Waals surface area (Å²) in [5, 5.41) is 5.30. The fraction of sp³-hybridized carbons (Fsp3) is 0.571. The molecule has 1 fully saturated rings. The summed E-state index contributed by atoms with van der Waals surface area (Å²) in [6.45, 7) is 0. The number of hydrogen-bond acceptors (Lipinski definition) is 4. The summed E-state index contributed by atoms with van der Waals surface area (Å²) in [5.74, 6) is -0.279. The van der Waals surface area contributed by atoms with Crippen LogP contribution in [0.1, 0.15) is 6.42 Å². The molecule has 0 saturated carbocycles. The zero-order valence-electron chi connectivity index (χ0n) is 7.46. The van der Waals surface area contributed by atoms with Crippen molar-refractivity contribution in [2.24, 2.45) is 4.99 Å². The van der Waals surface area contributed by atoms with Crippen LogP contribution in [0.15, 0.2) is 4.99 Å². The van der Waals surface area contributed by atoms with Crippen LogP contribution in [0.25, 0.3) is 0 Å². The first kappa shape index (κ1) is 10.0. The van der Waals surface area contributed by atoms with Gasteiger partial charge in [0.15, 0.2) is 5.17 Å². The standard InChI is InChI=1S/C7H11N3O2S/c1-8-5(11)3-4-6(12)10-7(9-2)13-4/h4H,3H2,1-2H3,(H,8,11)(H,9,10,12). The van der Waals surface area contributed by atoms with E-state index < -0.39 is 0 Å². The van der Waals surface area contributed by atoms with Crippen molar-refractivity contribution in [3.8, 4) is 0 Å². The van der Waals surface area contributed by atoms with Crippen molar-refractivity contribution >= 4 is 28.7 Å². The number of rotatable bonds is 2. The summed E-state index contributed by atoms with van der Waals surface area (Å²) in [4.78, 5) is 26.0. The van der Waals surface area contributed by atoms with Gasteiger partial charge in [0.25, 0.3) is 0 Å². The van der Waals surface area contributed by atoms with Gasteiger partial charge in [-0.2, -0.15) is 0 Å². The molecule has 13 heavy (non-hydrogen) atoms. The van der Waals surface area contributed by atoms with Crippen LogP contribution in [0.3, 0.4) is 0 Å². The zero-order chi connectivity index (χ0) is 9.84. The van der Waals surface area contributed by atoms with Crippen molar-refractivity contribution in [1.82, 2.24) is 10.6 Å². The molecular weight excluding hydrogens is 190 g/mol. The van der Waals surface area contributed by atoms with Crippen molar-refractivity contribution < 1.29 is 9.59 Å². The highest BCUT2D eigenvalue weighted by Gasteiger charge is 2.31. The van der Waals surface area contributed by atoms with Crippen LogP contribution in [0.2, 0.25) is 0 Å². The lowest BCUT2D eigenvalue weighted by Gasteiger charge is -2.02. The van der Waals surface area contributed by atoms with E-state index in [9.17, 15) is 9.59 Å². The SMILES string of the molecule is CN=C1NC(=O)C(CC(=O)NC)S1. The van der Waals surface area contributed by atoms with E-state index in [-0.39, 0.29) is 23.5 Å². The third kappa shape index (κ3) is 2.45. The summed E-state index contributed by atoms with van der Waals surface area (Å²) in [6, 6.07) is 0. The van der Waals surface area contributed by atoms with Crippen molar-refractivity contribution in [2.75, 3.05) is 14.1 Å². The van der Waals surface area contributed by atoms with Crippen LogP contribution >= 0.6 is 11.8 Å². The molecule has 6 heteroatoms. The minimum atomic E-state index is -0.335. The predicted molar refractivity (Wildman–Crippen MR) is 51.6 cm³/mol. The number of amidine groups is 1. The molecule has 1 aliphatic heterocycles. The van der Waals surface area contributed by atoms with E-state index >= 15 is 0 Å². The topological polar surface area (TPSA) is 70.6 Å². The lowest BCUT2D eigenvalue weighted by Crippen LogP contribution is -2.29. The van der Waals surface area contributed by atoms with Gasteiger partial charge in [0.05, 0.1) is 0 Å². The average Bonchev–Trinajstić information content (AvgIpc) is 2.47. The molecule has 1 atom stereocenters. The number of aliphatic imine (C=N–C) groups is 1. The van der Waals surface area contributed by atoms with Crippen LogP contribution in [0.4, 0.5) is 0 Å². The smallest absolute Gasteiger partial charge is 0.240 e. The number of thioether (sulfide) groups is 1. The van der Waals surface area contributed by atoms with Gasteiger partial charge in [-0.05, 0) is 0 Å². The second-order valence-electron chi connectivity index (χ2n) is 2.50. The molecule has 0 aromatic heterocycles. The van der Waals surface area contributed by atoms with Gasteiger partial charge in [0.2, 0.25) is 11.8 Å². The Labute approximate surface area is 80.4 Å². The Balaban J connectivity index is 2.53. The van der Waals surface area contributed by atoms with E-state index in [2.05, 4.69) is 15.6 Å². The highest BCUT2D eigenvalue weighted by atomic mass is 32.2. The van der Waals surface area contributed by atoms with E-state index in [1.165, 1.54) is 11.8 Å². The Morgan fingerprint density at radius 3 is 2.92 bits per heavy atom. The minimum absolute atomic E-state index is 0.134. The highest BCUT2D eigenvalue weighted by Crippen LogP contribution is 2.21. The molecular formula is C7H11N3O2S. The molecule has 1 unspecified atom stereocenters. The fourth-order valence-electron chi connectivity index (χ4n) is 0.917. The largest absolute Gasteiger partial charge is 0.359 e. The molecule has 1 aliphatic rings. The molecule has 0 aliphatic carbocycles. The molecule has 5 nitrogen and oxygen atoms in total. The van der Waals surface area contributed by atoms with Crippen LogP contribution in [-0.2, 0) is 9.59 Å². The first-order chi connectivity index (χ1) is 6.17. The molecule has 0 aromatic carbocycles. The first-order valence-corrected chi connectivity index (χ1v) is 4.70. The number of amides is 2. The van der Waals surface area contributed by atoms with Gasteiger partial charge in [-0.1, -0.05) is 11.8 Å². The summed E-state index contributed by atoms with van der Waals surface area (Å²) in [6.07, 6.45) is 0.200. The second kappa shape index (κ2) is 4.27. The summed E-state index contributed by atoms with van der Waals surface area (Å²) < 4.78 is 0. The van der Waals surface area contributed by atoms with Crippen molar-refractivity contribution in [3.05, 3.63) is 0 Å². The number of carbonyl (C=O) groups is 2. The van der Waals surface area contributed by atoms with E-state index in [1.54, 1.807) is 14.1 Å². The van der Waals surface area contributed by atoms with Gasteiger partial charge in [-0.25, -0.2) is 0 Å². The van der Waals surface area contributed by atoms with Crippen LogP contribution in [-0.4, -0.2) is 36.3 Å².